The quantitative estimate of drug-likeness (QED) is 0.590. The van der Waals surface area contributed by atoms with Gasteiger partial charge in [0.25, 0.3) is 0 Å². The molecule has 5 nitrogen and oxygen atoms in total. The minimum absolute atomic E-state index is 0.251. The minimum Gasteiger partial charge on any atom is -0.595 e. The summed E-state index contributed by atoms with van der Waals surface area (Å²) < 4.78 is 0. The Kier molecular flexibility index (Phi) is 4.47. The number of allylic oxidation sites excluding steroid dienone is 3. The Balaban J connectivity index is 2.49. The van der Waals surface area contributed by atoms with Crippen LogP contribution in [0.1, 0.15) is 13.8 Å². The van der Waals surface area contributed by atoms with Crippen molar-refractivity contribution in [1.29, 1.82) is 0 Å². The van der Waals surface area contributed by atoms with E-state index in [2.05, 4.69) is 10.3 Å². The van der Waals surface area contributed by atoms with Crippen LogP contribution in [0.5, 0.6) is 0 Å². The number of pyridine rings is 1. The van der Waals surface area contributed by atoms with Gasteiger partial charge in [0.15, 0.2) is 5.69 Å². The first kappa shape index (κ1) is 14.2. The predicted molar refractivity (Wildman–Crippen MR) is 79.7 cm³/mol. The molecule has 0 radical (unpaired) electrons. The van der Waals surface area contributed by atoms with Gasteiger partial charge in [0.1, 0.15) is 5.82 Å². The van der Waals surface area contributed by atoms with Crippen molar-refractivity contribution in [3.05, 3.63) is 59.6 Å². The number of nitrogens with zero attached hydrogens (tertiary/aromatic N) is 1. The fourth-order valence-corrected chi connectivity index (χ4v) is 1.93. The molecule has 2 rings (SSSR count). The van der Waals surface area contributed by atoms with E-state index in [1.807, 2.05) is 38.1 Å². The Hall–Kier alpha value is -2.21. The Labute approximate surface area is 117 Å². The summed E-state index contributed by atoms with van der Waals surface area (Å²) >= 11 is 0. The van der Waals surface area contributed by atoms with Crippen LogP contribution >= 0.6 is 0 Å². The molecule has 3 N–H and O–H groups in total. The molecule has 1 unspecified atom stereocenters. The van der Waals surface area contributed by atoms with Crippen LogP contribution in [0, 0.1) is 5.21 Å². The van der Waals surface area contributed by atoms with Gasteiger partial charge < -0.3 is 10.5 Å². The van der Waals surface area contributed by atoms with Crippen molar-refractivity contribution in [1.82, 2.24) is 4.98 Å². The van der Waals surface area contributed by atoms with Crippen LogP contribution in [0.4, 0.5) is 11.5 Å². The van der Waals surface area contributed by atoms with Crippen LogP contribution in [-0.2, 0) is 0 Å². The number of anilines is 1. The summed E-state index contributed by atoms with van der Waals surface area (Å²) in [6, 6.07) is 6.88. The molecule has 0 amide bonds. The molecule has 2 aromatic rings. The van der Waals surface area contributed by atoms with Crippen molar-refractivity contribution in [2.24, 2.45) is 0 Å². The molecule has 1 aromatic heterocycles. The molecule has 5 heteroatoms. The summed E-state index contributed by atoms with van der Waals surface area (Å²) in [5.74, 6) is 0.650. The molecule has 0 aliphatic carbocycles. The second-order valence-corrected chi connectivity index (χ2v) is 4.27. The summed E-state index contributed by atoms with van der Waals surface area (Å²) in [6.07, 6.45) is 7.49. The lowest BCUT2D eigenvalue weighted by molar-refractivity contribution is -0.991. The molecular weight excluding hydrogens is 254 g/mol. The van der Waals surface area contributed by atoms with E-state index < -0.39 is 5.23 Å². The van der Waals surface area contributed by atoms with Gasteiger partial charge in [-0.3, -0.25) is 0 Å². The normalized spacial score (nSPS) is 13.9. The number of nitrogens with one attached hydrogen (secondary N) is 2. The van der Waals surface area contributed by atoms with E-state index in [4.69, 9.17) is 5.21 Å². The van der Waals surface area contributed by atoms with E-state index in [1.54, 1.807) is 24.4 Å². The van der Waals surface area contributed by atoms with Gasteiger partial charge >= 0.3 is 0 Å². The van der Waals surface area contributed by atoms with Gasteiger partial charge in [-0.15, -0.1) is 0 Å². The van der Waals surface area contributed by atoms with Gasteiger partial charge in [0, 0.05) is 29.4 Å². The van der Waals surface area contributed by atoms with E-state index in [9.17, 15) is 5.21 Å². The van der Waals surface area contributed by atoms with Gasteiger partial charge in [-0.1, -0.05) is 12.2 Å². The second-order valence-electron chi connectivity index (χ2n) is 4.27. The third-order valence-corrected chi connectivity index (χ3v) is 2.93. The summed E-state index contributed by atoms with van der Waals surface area (Å²) in [4.78, 5) is 4.30. The molecule has 20 heavy (non-hydrogen) atoms. The van der Waals surface area contributed by atoms with Crippen LogP contribution in [0.25, 0.3) is 10.8 Å². The first-order valence-electron chi connectivity index (χ1n) is 6.33. The number of aromatic nitrogens is 1. The molecule has 1 atom stereocenters. The fourth-order valence-electron chi connectivity index (χ4n) is 1.93. The lowest BCUT2D eigenvalue weighted by Crippen LogP contribution is -2.99. The summed E-state index contributed by atoms with van der Waals surface area (Å²) in [7, 11) is 0. The molecule has 0 saturated heterocycles. The van der Waals surface area contributed by atoms with Gasteiger partial charge in [-0.25, -0.2) is 10.2 Å². The minimum atomic E-state index is -0.943. The largest absolute Gasteiger partial charge is 0.595 e. The average Bonchev–Trinajstić information content (AvgIpc) is 2.46. The molecule has 1 heterocycles. The maximum absolute atomic E-state index is 11.1. The predicted octanol–water partition coefficient (Wildman–Crippen LogP) is 2.53. The molecule has 0 fully saturated rings. The zero-order valence-electron chi connectivity index (χ0n) is 11.4. The van der Waals surface area contributed by atoms with E-state index in [0.717, 1.165) is 16.5 Å². The van der Waals surface area contributed by atoms with Crippen LogP contribution in [-0.4, -0.2) is 10.2 Å². The second kappa shape index (κ2) is 6.29. The van der Waals surface area contributed by atoms with Gasteiger partial charge in [-0.05, 0) is 37.4 Å². The van der Waals surface area contributed by atoms with Crippen molar-refractivity contribution in [2.45, 2.75) is 13.8 Å². The Morgan fingerprint density at radius 1 is 1.35 bits per heavy atom. The van der Waals surface area contributed by atoms with Gasteiger partial charge in [0.2, 0.25) is 0 Å². The highest BCUT2D eigenvalue weighted by Gasteiger charge is 2.07. The molecule has 1 aromatic carbocycles. The first-order valence-corrected chi connectivity index (χ1v) is 6.33. The van der Waals surface area contributed by atoms with E-state index >= 15 is 0 Å². The van der Waals surface area contributed by atoms with Crippen LogP contribution in [0.15, 0.2) is 54.4 Å². The topological polar surface area (TPSA) is 72.7 Å². The number of rotatable bonds is 4. The molecule has 0 bridgehead atoms. The first-order chi connectivity index (χ1) is 9.65. The van der Waals surface area contributed by atoms with Gasteiger partial charge in [-0.2, -0.15) is 5.23 Å². The van der Waals surface area contributed by atoms with Crippen LogP contribution in [0.3, 0.4) is 0 Å². The monoisotopic (exact) mass is 271 g/mol. The maximum Gasteiger partial charge on any atom is 0.164 e. The zero-order chi connectivity index (χ0) is 14.5. The average molecular weight is 271 g/mol. The van der Waals surface area contributed by atoms with Crippen molar-refractivity contribution >= 4 is 22.3 Å². The summed E-state index contributed by atoms with van der Waals surface area (Å²) in [5, 5.41) is 24.2. The van der Waals surface area contributed by atoms with E-state index in [0.29, 0.717) is 5.82 Å². The van der Waals surface area contributed by atoms with Gasteiger partial charge in [0.05, 0.1) is 0 Å². The zero-order valence-corrected chi connectivity index (χ0v) is 11.4. The van der Waals surface area contributed by atoms with Crippen molar-refractivity contribution in [3.63, 3.8) is 0 Å². The van der Waals surface area contributed by atoms with Crippen LogP contribution < -0.4 is 10.5 Å². The number of benzene rings is 1. The van der Waals surface area contributed by atoms with E-state index in [1.165, 1.54) is 0 Å². The highest BCUT2D eigenvalue weighted by Crippen LogP contribution is 2.24. The van der Waals surface area contributed by atoms with Crippen molar-refractivity contribution in [3.8, 4) is 0 Å². The lowest BCUT2D eigenvalue weighted by Gasteiger charge is -2.14. The third kappa shape index (κ3) is 3.03. The Bertz CT molecular complexity index is 663. The number of fused-ring (bicyclic) bond motifs is 1. The molecule has 0 aliphatic heterocycles. The summed E-state index contributed by atoms with van der Waals surface area (Å²) in [6.45, 7) is 3.86. The van der Waals surface area contributed by atoms with E-state index in [-0.39, 0.29) is 5.69 Å². The Morgan fingerprint density at radius 3 is 2.80 bits per heavy atom. The molecule has 0 saturated carbocycles. The van der Waals surface area contributed by atoms with Crippen molar-refractivity contribution in [2.75, 3.05) is 5.32 Å². The number of hydrogen-bond acceptors (Lipinski definition) is 4. The number of hydrogen-bond donors (Lipinski definition) is 3. The molecule has 104 valence electrons. The maximum atomic E-state index is 11.1. The third-order valence-electron chi connectivity index (χ3n) is 2.93. The van der Waals surface area contributed by atoms with Crippen molar-refractivity contribution < 1.29 is 10.4 Å². The molecule has 0 aliphatic rings. The SMILES string of the molecule is C/C=C\C(=C/C)Nc1nccc2ccc([NH+]([O-])O)cc12. The fraction of sp³-hybridized carbons (Fsp3) is 0.133. The summed E-state index contributed by atoms with van der Waals surface area (Å²) in [5.41, 5.74) is 1.16. The standard InChI is InChI=1S/C15H17N3O2/c1-3-5-12(4-2)17-15-14-10-13(18(19)20)7-6-11(14)8-9-16-15/h3-10,18-19H,1-2H3,(H,16,17)/b5-3-,12-4+. The lowest BCUT2D eigenvalue weighted by atomic mass is 10.1. The highest BCUT2D eigenvalue weighted by molar-refractivity contribution is 5.93. The Morgan fingerprint density at radius 2 is 2.15 bits per heavy atom. The molecule has 0 spiro atoms. The van der Waals surface area contributed by atoms with Crippen LogP contribution in [0.2, 0.25) is 0 Å². The highest BCUT2D eigenvalue weighted by atomic mass is 16.8. The molecular formula is C15H17N3O2. The smallest absolute Gasteiger partial charge is 0.164 e. The number of quaternary nitrogens is 1.